The zero-order chi connectivity index (χ0) is 13.0. The highest BCUT2D eigenvalue weighted by Gasteiger charge is 2.10. The van der Waals surface area contributed by atoms with Gasteiger partial charge in [0.1, 0.15) is 5.75 Å². The first kappa shape index (κ1) is 12.6. The van der Waals surface area contributed by atoms with Gasteiger partial charge in [0.25, 0.3) is 0 Å². The fraction of sp³-hybridized carbons (Fsp3) is 0.385. The maximum Gasteiger partial charge on any atom is 0.243 e. The average Bonchev–Trinajstić information content (AvgIpc) is 2.86. The number of hydrogen-bond acceptors (Lipinski definition) is 5. The maximum absolute atomic E-state index is 5.63. The summed E-state index contributed by atoms with van der Waals surface area (Å²) < 4.78 is 10.5. The number of benzene rings is 1. The van der Waals surface area contributed by atoms with Crippen LogP contribution in [0.15, 0.2) is 28.8 Å². The molecule has 5 nitrogen and oxygen atoms in total. The molecule has 0 radical (unpaired) electrons. The van der Waals surface area contributed by atoms with Gasteiger partial charge in [-0.1, -0.05) is 24.2 Å². The van der Waals surface area contributed by atoms with E-state index in [4.69, 9.17) is 15.0 Å². The van der Waals surface area contributed by atoms with Crippen LogP contribution in [0.25, 0.3) is 0 Å². The summed E-state index contributed by atoms with van der Waals surface area (Å²) in [5.74, 6) is 1.72. The number of nitrogens with zero attached hydrogens (tertiary/aromatic N) is 2. The third kappa shape index (κ3) is 3.07. The molecular formula is C13H17N3O2. The number of aryl methyl sites for hydroxylation is 1. The summed E-state index contributed by atoms with van der Waals surface area (Å²) in [6.07, 6.45) is 1.02. The molecule has 2 rings (SSSR count). The SMILES string of the molecule is CCc1ccc(OCc2noc(C(C)N)n2)cc1. The Kier molecular flexibility index (Phi) is 3.94. The predicted molar refractivity (Wildman–Crippen MR) is 67.1 cm³/mol. The first-order chi connectivity index (χ1) is 8.69. The Morgan fingerprint density at radius 2 is 2.06 bits per heavy atom. The molecule has 0 aliphatic heterocycles. The van der Waals surface area contributed by atoms with Crippen molar-refractivity contribution >= 4 is 0 Å². The van der Waals surface area contributed by atoms with Crippen LogP contribution in [0.1, 0.15) is 37.2 Å². The lowest BCUT2D eigenvalue weighted by Gasteiger charge is -2.03. The van der Waals surface area contributed by atoms with Gasteiger partial charge in [0.15, 0.2) is 6.61 Å². The van der Waals surface area contributed by atoms with Crippen molar-refractivity contribution < 1.29 is 9.26 Å². The van der Waals surface area contributed by atoms with Crippen molar-refractivity contribution in [2.45, 2.75) is 32.9 Å². The summed E-state index contributed by atoms with van der Waals surface area (Å²) >= 11 is 0. The van der Waals surface area contributed by atoms with E-state index in [2.05, 4.69) is 17.1 Å². The fourth-order valence-corrected chi connectivity index (χ4v) is 1.48. The molecule has 18 heavy (non-hydrogen) atoms. The molecule has 1 heterocycles. The van der Waals surface area contributed by atoms with Crippen molar-refractivity contribution in [3.63, 3.8) is 0 Å². The van der Waals surface area contributed by atoms with E-state index in [-0.39, 0.29) is 12.6 Å². The molecule has 2 N–H and O–H groups in total. The highest BCUT2D eigenvalue weighted by atomic mass is 16.5. The van der Waals surface area contributed by atoms with Crippen LogP contribution < -0.4 is 10.5 Å². The van der Waals surface area contributed by atoms with Crippen molar-refractivity contribution in [2.24, 2.45) is 5.73 Å². The molecule has 0 saturated carbocycles. The minimum Gasteiger partial charge on any atom is -0.485 e. The van der Waals surface area contributed by atoms with Crippen molar-refractivity contribution in [3.8, 4) is 5.75 Å². The van der Waals surface area contributed by atoms with Crippen molar-refractivity contribution in [2.75, 3.05) is 0 Å². The summed E-state index contributed by atoms with van der Waals surface area (Å²) in [6.45, 7) is 4.19. The molecule has 0 amide bonds. The lowest BCUT2D eigenvalue weighted by atomic mass is 10.2. The minimum absolute atomic E-state index is 0.255. The normalized spacial score (nSPS) is 12.4. The van der Waals surface area contributed by atoms with Crippen LogP contribution in [0, 0.1) is 0 Å². The van der Waals surface area contributed by atoms with E-state index in [9.17, 15) is 0 Å². The molecule has 0 spiro atoms. The minimum atomic E-state index is -0.255. The summed E-state index contributed by atoms with van der Waals surface area (Å²) in [5, 5.41) is 3.80. The Morgan fingerprint density at radius 1 is 1.33 bits per heavy atom. The Balaban J connectivity index is 1.93. The molecule has 0 bridgehead atoms. The Bertz CT molecular complexity index is 491. The highest BCUT2D eigenvalue weighted by Crippen LogP contribution is 2.14. The molecule has 1 atom stereocenters. The zero-order valence-electron chi connectivity index (χ0n) is 10.6. The second kappa shape index (κ2) is 5.64. The first-order valence-electron chi connectivity index (χ1n) is 5.99. The van der Waals surface area contributed by atoms with E-state index in [0.717, 1.165) is 12.2 Å². The van der Waals surface area contributed by atoms with E-state index in [1.807, 2.05) is 24.3 Å². The zero-order valence-corrected chi connectivity index (χ0v) is 10.6. The smallest absolute Gasteiger partial charge is 0.243 e. The second-order valence-electron chi connectivity index (χ2n) is 4.12. The molecule has 5 heteroatoms. The topological polar surface area (TPSA) is 74.2 Å². The number of ether oxygens (including phenoxy) is 1. The maximum atomic E-state index is 5.63. The van der Waals surface area contributed by atoms with Gasteiger partial charge in [0.05, 0.1) is 6.04 Å². The molecule has 0 saturated heterocycles. The van der Waals surface area contributed by atoms with E-state index in [1.54, 1.807) is 6.92 Å². The third-order valence-electron chi connectivity index (χ3n) is 2.57. The lowest BCUT2D eigenvalue weighted by molar-refractivity contribution is 0.284. The van der Waals surface area contributed by atoms with Gasteiger partial charge in [-0.15, -0.1) is 0 Å². The van der Waals surface area contributed by atoms with Crippen LogP contribution in [0.3, 0.4) is 0 Å². The highest BCUT2D eigenvalue weighted by molar-refractivity contribution is 5.27. The number of hydrogen-bond donors (Lipinski definition) is 1. The van der Waals surface area contributed by atoms with Gasteiger partial charge in [-0.3, -0.25) is 0 Å². The van der Waals surface area contributed by atoms with E-state index in [1.165, 1.54) is 5.56 Å². The Labute approximate surface area is 106 Å². The van der Waals surface area contributed by atoms with E-state index in [0.29, 0.717) is 11.7 Å². The number of rotatable bonds is 5. The van der Waals surface area contributed by atoms with Crippen molar-refractivity contribution in [1.82, 2.24) is 10.1 Å². The molecular weight excluding hydrogens is 230 g/mol. The van der Waals surface area contributed by atoms with Gasteiger partial charge in [0, 0.05) is 0 Å². The Hall–Kier alpha value is -1.88. The number of nitrogens with two attached hydrogens (primary N) is 1. The molecule has 0 aliphatic carbocycles. The lowest BCUT2D eigenvalue weighted by Crippen LogP contribution is -2.05. The quantitative estimate of drug-likeness (QED) is 0.877. The summed E-state index contributed by atoms with van der Waals surface area (Å²) in [4.78, 5) is 4.13. The van der Waals surface area contributed by atoms with Crippen LogP contribution in [-0.4, -0.2) is 10.1 Å². The molecule has 96 valence electrons. The fourth-order valence-electron chi connectivity index (χ4n) is 1.48. The summed E-state index contributed by atoms with van der Waals surface area (Å²) in [6, 6.07) is 7.70. The van der Waals surface area contributed by atoms with Gasteiger partial charge >= 0.3 is 0 Å². The van der Waals surface area contributed by atoms with Crippen LogP contribution in [-0.2, 0) is 13.0 Å². The summed E-state index contributed by atoms with van der Waals surface area (Å²) in [7, 11) is 0. The van der Waals surface area contributed by atoms with E-state index < -0.39 is 0 Å². The number of aromatic nitrogens is 2. The average molecular weight is 247 g/mol. The predicted octanol–water partition coefficient (Wildman–Crippen LogP) is 2.23. The van der Waals surface area contributed by atoms with Crippen LogP contribution in [0.4, 0.5) is 0 Å². The van der Waals surface area contributed by atoms with Gasteiger partial charge in [-0.05, 0) is 31.0 Å². The van der Waals surface area contributed by atoms with Crippen LogP contribution in [0.2, 0.25) is 0 Å². The molecule has 0 aliphatic rings. The largest absolute Gasteiger partial charge is 0.485 e. The third-order valence-corrected chi connectivity index (χ3v) is 2.57. The summed E-state index contributed by atoms with van der Waals surface area (Å²) in [5.41, 5.74) is 6.91. The van der Waals surface area contributed by atoms with Crippen molar-refractivity contribution in [1.29, 1.82) is 0 Å². The molecule has 2 aromatic rings. The molecule has 1 aromatic heterocycles. The molecule has 1 unspecified atom stereocenters. The van der Waals surface area contributed by atoms with Gasteiger partial charge < -0.3 is 15.0 Å². The first-order valence-corrected chi connectivity index (χ1v) is 5.99. The van der Waals surface area contributed by atoms with Crippen LogP contribution >= 0.6 is 0 Å². The Morgan fingerprint density at radius 3 is 2.61 bits per heavy atom. The van der Waals surface area contributed by atoms with Gasteiger partial charge in [-0.25, -0.2) is 0 Å². The molecule has 0 fully saturated rings. The van der Waals surface area contributed by atoms with Crippen molar-refractivity contribution in [3.05, 3.63) is 41.5 Å². The van der Waals surface area contributed by atoms with Gasteiger partial charge in [0.2, 0.25) is 11.7 Å². The monoisotopic (exact) mass is 247 g/mol. The van der Waals surface area contributed by atoms with E-state index >= 15 is 0 Å². The standard InChI is InChI=1S/C13H17N3O2/c1-3-10-4-6-11(7-5-10)17-8-12-15-13(9(2)14)18-16-12/h4-7,9H,3,8,14H2,1-2H3. The molecule has 1 aromatic carbocycles. The van der Waals surface area contributed by atoms with Gasteiger partial charge in [-0.2, -0.15) is 4.98 Å². The van der Waals surface area contributed by atoms with Crippen LogP contribution in [0.5, 0.6) is 5.75 Å². The second-order valence-corrected chi connectivity index (χ2v) is 4.12.